The minimum Gasteiger partial charge on any atom is -0.364 e. The number of aromatic amines is 1. The first-order chi connectivity index (χ1) is 14.7. The van der Waals surface area contributed by atoms with Crippen LogP contribution in [0.25, 0.3) is 10.9 Å². The summed E-state index contributed by atoms with van der Waals surface area (Å²) in [5.41, 5.74) is 3.32. The minimum atomic E-state index is -0.378. The van der Waals surface area contributed by atoms with E-state index >= 15 is 0 Å². The molecule has 0 saturated heterocycles. The van der Waals surface area contributed by atoms with E-state index in [-0.39, 0.29) is 21.8 Å². The standard InChI is InChI=1S/C22H29N7O2/c1-22(2,13-27(3)4)12-23-20-19(29(30)31)21(25-14-24-20)28-10-9-16-15-7-5-6-8-17(15)26-18(16)11-28/h5-8,14,26H,9-13H2,1-4H3,(H,23,24,25). The Morgan fingerprint density at radius 2 is 2.06 bits per heavy atom. The summed E-state index contributed by atoms with van der Waals surface area (Å²) in [5, 5.41) is 16.4. The van der Waals surface area contributed by atoms with Gasteiger partial charge in [-0.3, -0.25) is 10.1 Å². The van der Waals surface area contributed by atoms with Crippen LogP contribution in [0, 0.1) is 15.5 Å². The quantitative estimate of drug-likeness (QED) is 0.443. The highest BCUT2D eigenvalue weighted by Gasteiger charge is 2.31. The van der Waals surface area contributed by atoms with E-state index in [2.05, 4.69) is 51.1 Å². The number of nitro groups is 1. The number of hydrogen-bond acceptors (Lipinski definition) is 7. The molecule has 0 atom stereocenters. The van der Waals surface area contributed by atoms with Crippen LogP contribution in [-0.4, -0.2) is 58.5 Å². The van der Waals surface area contributed by atoms with Gasteiger partial charge < -0.3 is 20.1 Å². The summed E-state index contributed by atoms with van der Waals surface area (Å²) in [6.45, 7) is 6.87. The van der Waals surface area contributed by atoms with Gasteiger partial charge in [0.15, 0.2) is 0 Å². The van der Waals surface area contributed by atoms with Crippen molar-refractivity contribution in [1.29, 1.82) is 0 Å². The highest BCUT2D eigenvalue weighted by molar-refractivity contribution is 5.85. The number of rotatable bonds is 7. The zero-order valence-corrected chi connectivity index (χ0v) is 18.5. The number of anilines is 2. The van der Waals surface area contributed by atoms with E-state index in [0.29, 0.717) is 25.5 Å². The van der Waals surface area contributed by atoms with Gasteiger partial charge in [0.05, 0.1) is 11.5 Å². The third-order valence-corrected chi connectivity index (χ3v) is 5.65. The van der Waals surface area contributed by atoms with Gasteiger partial charge in [0, 0.05) is 36.2 Å². The average molecular weight is 424 g/mol. The molecule has 1 aliphatic rings. The largest absolute Gasteiger partial charge is 0.364 e. The van der Waals surface area contributed by atoms with Crippen LogP contribution in [0.15, 0.2) is 30.6 Å². The Morgan fingerprint density at radius 3 is 2.81 bits per heavy atom. The fourth-order valence-corrected chi connectivity index (χ4v) is 4.51. The summed E-state index contributed by atoms with van der Waals surface area (Å²) in [4.78, 5) is 27.7. The maximum atomic E-state index is 12.0. The molecule has 3 heterocycles. The van der Waals surface area contributed by atoms with Gasteiger partial charge in [0.2, 0.25) is 11.6 Å². The third kappa shape index (κ3) is 4.32. The second-order valence-electron chi connectivity index (χ2n) is 9.21. The van der Waals surface area contributed by atoms with Crippen molar-refractivity contribution in [1.82, 2.24) is 19.9 Å². The van der Waals surface area contributed by atoms with E-state index in [1.54, 1.807) is 0 Å². The van der Waals surface area contributed by atoms with Crippen molar-refractivity contribution >= 4 is 28.2 Å². The Kier molecular flexibility index (Phi) is 5.53. The van der Waals surface area contributed by atoms with Gasteiger partial charge in [0.1, 0.15) is 6.33 Å². The molecule has 3 aromatic rings. The Bertz CT molecular complexity index is 1110. The first kappa shape index (κ1) is 21.0. The summed E-state index contributed by atoms with van der Waals surface area (Å²) in [6, 6.07) is 8.22. The van der Waals surface area contributed by atoms with Crippen LogP contribution < -0.4 is 10.2 Å². The van der Waals surface area contributed by atoms with Crippen molar-refractivity contribution in [3.63, 3.8) is 0 Å². The molecule has 0 saturated carbocycles. The molecule has 164 valence electrons. The van der Waals surface area contributed by atoms with Crippen LogP contribution in [0.5, 0.6) is 0 Å². The summed E-state index contributed by atoms with van der Waals surface area (Å²) in [6.07, 6.45) is 2.21. The van der Waals surface area contributed by atoms with E-state index in [4.69, 9.17) is 0 Å². The van der Waals surface area contributed by atoms with Gasteiger partial charge in [0.25, 0.3) is 0 Å². The fourth-order valence-electron chi connectivity index (χ4n) is 4.51. The number of hydrogen-bond donors (Lipinski definition) is 2. The number of H-pyrrole nitrogens is 1. The molecule has 2 N–H and O–H groups in total. The molecule has 0 spiro atoms. The first-order valence-corrected chi connectivity index (χ1v) is 10.5. The lowest BCUT2D eigenvalue weighted by Crippen LogP contribution is -2.35. The van der Waals surface area contributed by atoms with Gasteiger partial charge in [-0.15, -0.1) is 0 Å². The monoisotopic (exact) mass is 423 g/mol. The Morgan fingerprint density at radius 1 is 1.29 bits per heavy atom. The zero-order chi connectivity index (χ0) is 22.2. The SMILES string of the molecule is CN(C)CC(C)(C)CNc1ncnc(N2CCc3c([nH]c4ccccc34)C2)c1[N+](=O)[O-]. The number of fused-ring (bicyclic) bond motifs is 3. The topological polar surface area (TPSA) is 103 Å². The Labute approximate surface area is 181 Å². The van der Waals surface area contributed by atoms with Crippen LogP contribution in [0.1, 0.15) is 25.1 Å². The van der Waals surface area contributed by atoms with Crippen LogP contribution in [0.2, 0.25) is 0 Å². The molecular formula is C22H29N7O2. The molecule has 0 bridgehead atoms. The molecule has 2 aromatic heterocycles. The molecule has 1 aromatic carbocycles. The van der Waals surface area contributed by atoms with Gasteiger partial charge >= 0.3 is 5.69 Å². The third-order valence-electron chi connectivity index (χ3n) is 5.65. The summed E-state index contributed by atoms with van der Waals surface area (Å²) >= 11 is 0. The van der Waals surface area contributed by atoms with Crippen molar-refractivity contribution in [2.45, 2.75) is 26.8 Å². The van der Waals surface area contributed by atoms with Crippen LogP contribution in [0.4, 0.5) is 17.3 Å². The van der Waals surface area contributed by atoms with E-state index < -0.39 is 0 Å². The van der Waals surface area contributed by atoms with Crippen molar-refractivity contribution < 1.29 is 4.92 Å². The van der Waals surface area contributed by atoms with E-state index in [1.807, 2.05) is 31.1 Å². The average Bonchev–Trinajstić information content (AvgIpc) is 3.08. The van der Waals surface area contributed by atoms with E-state index in [0.717, 1.165) is 24.2 Å². The fraction of sp³-hybridized carbons (Fsp3) is 0.455. The molecule has 31 heavy (non-hydrogen) atoms. The molecule has 4 rings (SSSR count). The van der Waals surface area contributed by atoms with Crippen LogP contribution in [-0.2, 0) is 13.0 Å². The maximum absolute atomic E-state index is 12.0. The van der Waals surface area contributed by atoms with Crippen molar-refractivity contribution in [3.05, 3.63) is 52.0 Å². The van der Waals surface area contributed by atoms with Crippen molar-refractivity contribution in [3.8, 4) is 0 Å². The Hall–Kier alpha value is -3.20. The van der Waals surface area contributed by atoms with Gasteiger partial charge in [-0.2, -0.15) is 0 Å². The summed E-state index contributed by atoms with van der Waals surface area (Å²) in [5.74, 6) is 0.626. The lowest BCUT2D eigenvalue weighted by atomic mass is 9.93. The molecule has 9 heteroatoms. The number of benzene rings is 1. The van der Waals surface area contributed by atoms with Crippen LogP contribution >= 0.6 is 0 Å². The predicted molar refractivity (Wildman–Crippen MR) is 123 cm³/mol. The van der Waals surface area contributed by atoms with Crippen molar-refractivity contribution in [2.75, 3.05) is 43.9 Å². The number of aromatic nitrogens is 3. The van der Waals surface area contributed by atoms with Gasteiger partial charge in [-0.25, -0.2) is 9.97 Å². The lowest BCUT2D eigenvalue weighted by Gasteiger charge is -2.29. The summed E-state index contributed by atoms with van der Waals surface area (Å²) < 4.78 is 0. The lowest BCUT2D eigenvalue weighted by molar-refractivity contribution is -0.383. The predicted octanol–water partition coefficient (Wildman–Crippen LogP) is 3.43. The maximum Gasteiger partial charge on any atom is 0.353 e. The molecule has 1 aliphatic heterocycles. The second kappa shape index (κ2) is 8.14. The highest BCUT2D eigenvalue weighted by atomic mass is 16.6. The molecule has 9 nitrogen and oxygen atoms in total. The number of nitrogens with one attached hydrogen (secondary N) is 2. The minimum absolute atomic E-state index is 0.0669. The molecule has 0 amide bonds. The zero-order valence-electron chi connectivity index (χ0n) is 18.5. The van der Waals surface area contributed by atoms with Gasteiger partial charge in [-0.1, -0.05) is 32.0 Å². The number of para-hydroxylation sites is 1. The van der Waals surface area contributed by atoms with E-state index in [1.165, 1.54) is 17.3 Å². The Balaban J connectivity index is 1.61. The summed E-state index contributed by atoms with van der Waals surface area (Å²) in [7, 11) is 4.03. The second-order valence-corrected chi connectivity index (χ2v) is 9.21. The van der Waals surface area contributed by atoms with Gasteiger partial charge in [-0.05, 0) is 37.6 Å². The number of nitrogens with zero attached hydrogens (tertiary/aromatic N) is 5. The molecular weight excluding hydrogens is 394 g/mol. The van der Waals surface area contributed by atoms with Crippen LogP contribution in [0.3, 0.4) is 0 Å². The van der Waals surface area contributed by atoms with Crippen molar-refractivity contribution in [2.24, 2.45) is 5.41 Å². The molecule has 0 fully saturated rings. The molecule has 0 unspecified atom stereocenters. The molecule has 0 radical (unpaired) electrons. The smallest absolute Gasteiger partial charge is 0.353 e. The first-order valence-electron chi connectivity index (χ1n) is 10.5. The van der Waals surface area contributed by atoms with E-state index in [9.17, 15) is 10.1 Å². The molecule has 0 aliphatic carbocycles. The normalized spacial score (nSPS) is 14.2. The highest BCUT2D eigenvalue weighted by Crippen LogP contribution is 2.36.